The molecule has 1 atom stereocenters. The Balaban J connectivity index is 2.12. The van der Waals surface area contributed by atoms with Crippen molar-refractivity contribution in [2.24, 2.45) is 5.92 Å². The Kier molecular flexibility index (Phi) is 8.80. The maximum absolute atomic E-state index is 12.9. The van der Waals surface area contributed by atoms with Crippen molar-refractivity contribution in [3.05, 3.63) is 64.1 Å². The van der Waals surface area contributed by atoms with Crippen LogP contribution in [-0.4, -0.2) is 35.9 Å². The van der Waals surface area contributed by atoms with Crippen LogP contribution in [0, 0.1) is 5.92 Å². The molecule has 0 aliphatic carbocycles. The van der Waals surface area contributed by atoms with Gasteiger partial charge in [0.1, 0.15) is 11.8 Å². The van der Waals surface area contributed by atoms with Crippen molar-refractivity contribution in [3.63, 3.8) is 0 Å². The average molecular weight is 437 g/mol. The van der Waals surface area contributed by atoms with E-state index in [0.29, 0.717) is 28.3 Å². The number of ether oxygens (including phenoxy) is 1. The molecule has 0 saturated heterocycles. The highest BCUT2D eigenvalue weighted by atomic mass is 35.5. The summed E-state index contributed by atoms with van der Waals surface area (Å²) in [6, 6.07) is 13.4. The van der Waals surface area contributed by atoms with Crippen molar-refractivity contribution in [3.8, 4) is 5.75 Å². The molecule has 0 aliphatic heterocycles. The van der Waals surface area contributed by atoms with Gasteiger partial charge in [0, 0.05) is 23.1 Å². The molecule has 5 nitrogen and oxygen atoms in total. The number of hydrogen-bond donors (Lipinski definition) is 1. The summed E-state index contributed by atoms with van der Waals surface area (Å²) in [6.07, 6.45) is 0. The molecular formula is C22H26Cl2N2O3. The van der Waals surface area contributed by atoms with Gasteiger partial charge < -0.3 is 15.0 Å². The minimum absolute atomic E-state index is 0.199. The molecule has 0 heterocycles. The summed E-state index contributed by atoms with van der Waals surface area (Å²) in [6.45, 7) is 6.36. The summed E-state index contributed by atoms with van der Waals surface area (Å²) >= 11 is 11.9. The monoisotopic (exact) mass is 436 g/mol. The standard InChI is InChI=1S/C22H26Cl2N2O3/c1-15(2)12-25-22(28)16(3)26(13-17-7-9-18(23)10-8-17)21(27)14-29-20-6-4-5-19(24)11-20/h4-11,15-16H,12-14H2,1-3H3,(H,25,28)/t16-/m1/s1. The summed E-state index contributed by atoms with van der Waals surface area (Å²) in [5, 5.41) is 4.01. The first-order valence-corrected chi connectivity index (χ1v) is 10.2. The minimum Gasteiger partial charge on any atom is -0.484 e. The topological polar surface area (TPSA) is 58.6 Å². The van der Waals surface area contributed by atoms with Crippen molar-refractivity contribution in [1.82, 2.24) is 10.2 Å². The van der Waals surface area contributed by atoms with E-state index in [1.54, 1.807) is 43.3 Å². The zero-order chi connectivity index (χ0) is 21.4. The van der Waals surface area contributed by atoms with Gasteiger partial charge >= 0.3 is 0 Å². The second-order valence-electron chi connectivity index (χ2n) is 7.21. The lowest BCUT2D eigenvalue weighted by molar-refractivity contribution is -0.142. The van der Waals surface area contributed by atoms with Gasteiger partial charge in [0.15, 0.2) is 6.61 Å². The lowest BCUT2D eigenvalue weighted by Crippen LogP contribution is -2.49. The summed E-state index contributed by atoms with van der Waals surface area (Å²) in [5.74, 6) is 0.308. The first-order chi connectivity index (χ1) is 13.8. The number of rotatable bonds is 9. The molecule has 0 unspecified atom stereocenters. The average Bonchev–Trinajstić information content (AvgIpc) is 2.69. The molecule has 0 saturated carbocycles. The smallest absolute Gasteiger partial charge is 0.261 e. The molecule has 7 heteroatoms. The van der Waals surface area contributed by atoms with Gasteiger partial charge in [0.2, 0.25) is 5.91 Å². The summed E-state index contributed by atoms with van der Waals surface area (Å²) in [7, 11) is 0. The fourth-order valence-corrected chi connectivity index (χ4v) is 2.91. The van der Waals surface area contributed by atoms with Crippen molar-refractivity contribution in [2.45, 2.75) is 33.4 Å². The highest BCUT2D eigenvalue weighted by molar-refractivity contribution is 6.30. The van der Waals surface area contributed by atoms with Crippen molar-refractivity contribution >= 4 is 35.0 Å². The Bertz CT molecular complexity index is 825. The number of carbonyl (C=O) groups is 2. The van der Waals surface area contributed by atoms with Gasteiger partial charge in [-0.05, 0) is 48.7 Å². The third-order valence-corrected chi connectivity index (χ3v) is 4.76. The fraction of sp³-hybridized carbons (Fsp3) is 0.364. The van der Waals surface area contributed by atoms with Crippen LogP contribution in [0.2, 0.25) is 10.0 Å². The Morgan fingerprint density at radius 2 is 1.72 bits per heavy atom. The summed E-state index contributed by atoms with van der Waals surface area (Å²) < 4.78 is 5.59. The Hall–Kier alpha value is -2.24. The molecule has 2 rings (SSSR count). The number of nitrogens with one attached hydrogen (secondary N) is 1. The van der Waals surface area contributed by atoms with E-state index >= 15 is 0 Å². The van der Waals surface area contributed by atoms with Gasteiger partial charge in [-0.1, -0.05) is 55.2 Å². The predicted molar refractivity (Wildman–Crippen MR) is 116 cm³/mol. The van der Waals surface area contributed by atoms with Crippen LogP contribution in [0.4, 0.5) is 0 Å². The first kappa shape index (κ1) is 23.0. The molecule has 0 fully saturated rings. The van der Waals surface area contributed by atoms with Crippen molar-refractivity contribution < 1.29 is 14.3 Å². The third kappa shape index (κ3) is 7.59. The molecule has 0 aromatic heterocycles. The molecule has 2 aromatic carbocycles. The van der Waals surface area contributed by atoms with Crippen LogP contribution in [0.25, 0.3) is 0 Å². The van der Waals surface area contributed by atoms with E-state index in [9.17, 15) is 9.59 Å². The van der Waals surface area contributed by atoms with E-state index in [-0.39, 0.29) is 25.0 Å². The Morgan fingerprint density at radius 1 is 1.03 bits per heavy atom. The molecule has 0 bridgehead atoms. The number of nitrogens with zero attached hydrogens (tertiary/aromatic N) is 1. The number of hydrogen-bond acceptors (Lipinski definition) is 3. The maximum Gasteiger partial charge on any atom is 0.261 e. The summed E-state index contributed by atoms with van der Waals surface area (Å²) in [5.41, 5.74) is 0.869. The number of halogens is 2. The van der Waals surface area contributed by atoms with E-state index in [1.165, 1.54) is 4.90 Å². The summed E-state index contributed by atoms with van der Waals surface area (Å²) in [4.78, 5) is 27.0. The van der Waals surface area contributed by atoms with Gasteiger partial charge in [0.25, 0.3) is 5.91 Å². The van der Waals surface area contributed by atoms with E-state index in [2.05, 4.69) is 5.32 Å². The van der Waals surface area contributed by atoms with Gasteiger partial charge in [-0.25, -0.2) is 0 Å². The fourth-order valence-electron chi connectivity index (χ4n) is 2.61. The highest BCUT2D eigenvalue weighted by Gasteiger charge is 2.26. The van der Waals surface area contributed by atoms with Crippen molar-refractivity contribution in [1.29, 1.82) is 0 Å². The van der Waals surface area contributed by atoms with Crippen LogP contribution in [0.3, 0.4) is 0 Å². The van der Waals surface area contributed by atoms with E-state index in [4.69, 9.17) is 27.9 Å². The minimum atomic E-state index is -0.653. The second kappa shape index (κ2) is 11.1. The largest absolute Gasteiger partial charge is 0.484 e. The van der Waals surface area contributed by atoms with Crippen LogP contribution in [-0.2, 0) is 16.1 Å². The molecule has 156 valence electrons. The van der Waals surface area contributed by atoms with Crippen molar-refractivity contribution in [2.75, 3.05) is 13.2 Å². The molecule has 1 N–H and O–H groups in total. The predicted octanol–water partition coefficient (Wildman–Crippen LogP) is 4.56. The lowest BCUT2D eigenvalue weighted by Gasteiger charge is -2.29. The van der Waals surface area contributed by atoms with Gasteiger partial charge in [0.05, 0.1) is 0 Å². The van der Waals surface area contributed by atoms with Gasteiger partial charge in [-0.2, -0.15) is 0 Å². The molecule has 2 aromatic rings. The van der Waals surface area contributed by atoms with E-state index in [1.807, 2.05) is 26.0 Å². The number of amides is 2. The quantitative estimate of drug-likeness (QED) is 0.626. The molecular weight excluding hydrogens is 411 g/mol. The number of carbonyl (C=O) groups excluding carboxylic acids is 2. The van der Waals surface area contributed by atoms with Crippen LogP contribution < -0.4 is 10.1 Å². The molecule has 0 spiro atoms. The zero-order valence-electron chi connectivity index (χ0n) is 16.8. The number of benzene rings is 2. The van der Waals surface area contributed by atoms with Crippen LogP contribution in [0.5, 0.6) is 5.75 Å². The van der Waals surface area contributed by atoms with Crippen LogP contribution >= 0.6 is 23.2 Å². The Morgan fingerprint density at radius 3 is 2.34 bits per heavy atom. The van der Waals surface area contributed by atoms with Crippen LogP contribution in [0.15, 0.2) is 48.5 Å². The third-order valence-electron chi connectivity index (χ3n) is 4.28. The van der Waals surface area contributed by atoms with E-state index < -0.39 is 6.04 Å². The molecule has 0 radical (unpaired) electrons. The first-order valence-electron chi connectivity index (χ1n) is 9.46. The van der Waals surface area contributed by atoms with Crippen LogP contribution in [0.1, 0.15) is 26.3 Å². The molecule has 2 amide bonds. The van der Waals surface area contributed by atoms with E-state index in [0.717, 1.165) is 5.56 Å². The zero-order valence-corrected chi connectivity index (χ0v) is 18.3. The Labute approximate surface area is 181 Å². The molecule has 0 aliphatic rings. The normalized spacial score (nSPS) is 11.8. The second-order valence-corrected chi connectivity index (χ2v) is 8.08. The van der Waals surface area contributed by atoms with Gasteiger partial charge in [-0.15, -0.1) is 0 Å². The molecule has 29 heavy (non-hydrogen) atoms. The lowest BCUT2D eigenvalue weighted by atomic mass is 10.1. The maximum atomic E-state index is 12.9. The van der Waals surface area contributed by atoms with Gasteiger partial charge in [-0.3, -0.25) is 9.59 Å². The SMILES string of the molecule is CC(C)CNC(=O)[C@@H](C)N(Cc1ccc(Cl)cc1)C(=O)COc1cccc(Cl)c1. The highest BCUT2D eigenvalue weighted by Crippen LogP contribution is 2.18.